The summed E-state index contributed by atoms with van der Waals surface area (Å²) < 4.78 is 4.53. The summed E-state index contributed by atoms with van der Waals surface area (Å²) in [6, 6.07) is 0. The topological polar surface area (TPSA) is 38.3 Å². The molecule has 0 atom stereocenters. The minimum Gasteiger partial charge on any atom is -0.466 e. The van der Waals surface area contributed by atoms with Crippen LogP contribution >= 0.6 is 0 Å². The molecular formula is C10H17NO2. The lowest BCUT2D eigenvalue weighted by Crippen LogP contribution is -2.14. The molecule has 0 aromatic carbocycles. The van der Waals surface area contributed by atoms with E-state index in [0.717, 1.165) is 25.1 Å². The Bertz CT molecular complexity index is 197. The Balaban J connectivity index is 4.12. The van der Waals surface area contributed by atoms with Crippen LogP contribution < -0.4 is 5.32 Å². The van der Waals surface area contributed by atoms with E-state index in [1.807, 2.05) is 13.0 Å². The van der Waals surface area contributed by atoms with Crippen LogP contribution in [0.5, 0.6) is 0 Å². The lowest BCUT2D eigenvalue weighted by molar-refractivity contribution is -0.134. The van der Waals surface area contributed by atoms with E-state index in [1.54, 1.807) is 0 Å². The first-order valence-electron chi connectivity index (χ1n) is 4.37. The number of carbonyl (C=O) groups is 1. The standard InChI is InChI=1S/C10H17NO2/c1-4-6-7-9(11-5-2)8-10(12)13-3/h4,8,11H,1,5-7H2,2-3H3/b9-8-. The number of hydrogen-bond donors (Lipinski definition) is 1. The molecule has 0 saturated carbocycles. The number of ether oxygens (including phenoxy) is 1. The third kappa shape index (κ3) is 5.96. The van der Waals surface area contributed by atoms with Gasteiger partial charge in [0.2, 0.25) is 0 Å². The zero-order chi connectivity index (χ0) is 10.1. The number of rotatable bonds is 6. The van der Waals surface area contributed by atoms with Gasteiger partial charge in [-0.2, -0.15) is 0 Å². The van der Waals surface area contributed by atoms with Crippen molar-refractivity contribution in [1.29, 1.82) is 0 Å². The highest BCUT2D eigenvalue weighted by molar-refractivity contribution is 5.82. The number of allylic oxidation sites excluding steroid dienone is 2. The Morgan fingerprint density at radius 3 is 2.77 bits per heavy atom. The van der Waals surface area contributed by atoms with Crippen molar-refractivity contribution in [2.75, 3.05) is 13.7 Å². The molecule has 0 amide bonds. The van der Waals surface area contributed by atoms with Gasteiger partial charge in [-0.1, -0.05) is 6.08 Å². The predicted molar refractivity (Wildman–Crippen MR) is 53.2 cm³/mol. The summed E-state index contributed by atoms with van der Waals surface area (Å²) in [6.07, 6.45) is 4.96. The van der Waals surface area contributed by atoms with Crippen molar-refractivity contribution in [3.8, 4) is 0 Å². The maximum absolute atomic E-state index is 10.9. The highest BCUT2D eigenvalue weighted by Crippen LogP contribution is 2.01. The fourth-order valence-corrected chi connectivity index (χ4v) is 0.897. The molecule has 0 fully saturated rings. The number of hydrogen-bond acceptors (Lipinski definition) is 3. The van der Waals surface area contributed by atoms with E-state index < -0.39 is 0 Å². The van der Waals surface area contributed by atoms with E-state index in [9.17, 15) is 4.79 Å². The molecule has 0 spiro atoms. The summed E-state index contributed by atoms with van der Waals surface area (Å²) in [4.78, 5) is 10.9. The smallest absolute Gasteiger partial charge is 0.332 e. The van der Waals surface area contributed by atoms with Crippen LogP contribution in [0, 0.1) is 0 Å². The van der Waals surface area contributed by atoms with Crippen molar-refractivity contribution in [3.05, 3.63) is 24.4 Å². The molecule has 0 bridgehead atoms. The molecule has 0 saturated heterocycles. The lowest BCUT2D eigenvalue weighted by atomic mass is 10.2. The summed E-state index contributed by atoms with van der Waals surface area (Å²) >= 11 is 0. The number of nitrogens with one attached hydrogen (secondary N) is 1. The number of esters is 1. The Kier molecular flexibility index (Phi) is 6.69. The molecule has 0 heterocycles. The molecule has 0 rings (SSSR count). The van der Waals surface area contributed by atoms with Crippen molar-refractivity contribution >= 4 is 5.97 Å². The Labute approximate surface area is 79.5 Å². The van der Waals surface area contributed by atoms with Gasteiger partial charge in [-0.3, -0.25) is 0 Å². The monoisotopic (exact) mass is 183 g/mol. The molecule has 3 heteroatoms. The normalized spacial score (nSPS) is 10.8. The van der Waals surface area contributed by atoms with Crippen LogP contribution in [0.4, 0.5) is 0 Å². The molecule has 1 N–H and O–H groups in total. The van der Waals surface area contributed by atoms with Gasteiger partial charge in [-0.05, 0) is 19.8 Å². The van der Waals surface area contributed by atoms with Gasteiger partial charge >= 0.3 is 5.97 Å². The molecule has 3 nitrogen and oxygen atoms in total. The summed E-state index contributed by atoms with van der Waals surface area (Å²) in [5, 5.41) is 3.10. The van der Waals surface area contributed by atoms with Gasteiger partial charge < -0.3 is 10.1 Å². The first kappa shape index (κ1) is 11.8. The fourth-order valence-electron chi connectivity index (χ4n) is 0.897. The quantitative estimate of drug-likeness (QED) is 0.386. The number of methoxy groups -OCH3 is 1. The van der Waals surface area contributed by atoms with E-state index in [2.05, 4.69) is 16.6 Å². The first-order valence-corrected chi connectivity index (χ1v) is 4.37. The average molecular weight is 183 g/mol. The molecule has 74 valence electrons. The van der Waals surface area contributed by atoms with Crippen molar-refractivity contribution < 1.29 is 9.53 Å². The third-order valence-corrected chi connectivity index (χ3v) is 1.51. The van der Waals surface area contributed by atoms with E-state index in [1.165, 1.54) is 13.2 Å². The largest absolute Gasteiger partial charge is 0.466 e. The van der Waals surface area contributed by atoms with Gasteiger partial charge in [0.25, 0.3) is 0 Å². The molecule has 13 heavy (non-hydrogen) atoms. The zero-order valence-electron chi connectivity index (χ0n) is 8.30. The van der Waals surface area contributed by atoms with Crippen molar-refractivity contribution in [2.24, 2.45) is 0 Å². The summed E-state index contributed by atoms with van der Waals surface area (Å²) in [5.41, 5.74) is 0.897. The maximum Gasteiger partial charge on any atom is 0.332 e. The minimum atomic E-state index is -0.319. The summed E-state index contributed by atoms with van der Waals surface area (Å²) in [6.45, 7) is 6.41. The van der Waals surface area contributed by atoms with Gasteiger partial charge in [0.05, 0.1) is 7.11 Å². The molecule has 0 aliphatic carbocycles. The third-order valence-electron chi connectivity index (χ3n) is 1.51. The van der Waals surface area contributed by atoms with Crippen LogP contribution in [-0.4, -0.2) is 19.6 Å². The van der Waals surface area contributed by atoms with E-state index in [-0.39, 0.29) is 5.97 Å². The molecule has 0 aromatic heterocycles. The van der Waals surface area contributed by atoms with Gasteiger partial charge in [0.1, 0.15) is 0 Å². The van der Waals surface area contributed by atoms with Crippen LogP contribution in [0.25, 0.3) is 0 Å². The second-order valence-electron chi connectivity index (χ2n) is 2.55. The second kappa shape index (κ2) is 7.40. The average Bonchev–Trinajstić information content (AvgIpc) is 2.14. The molecule has 0 aliphatic rings. The summed E-state index contributed by atoms with van der Waals surface area (Å²) in [7, 11) is 1.37. The highest BCUT2D eigenvalue weighted by atomic mass is 16.5. The highest BCUT2D eigenvalue weighted by Gasteiger charge is 1.99. The SMILES string of the molecule is C=CCC/C(=C/C(=O)OC)NCC. The Hall–Kier alpha value is -1.25. The molecule has 0 radical (unpaired) electrons. The van der Waals surface area contributed by atoms with Crippen molar-refractivity contribution in [1.82, 2.24) is 5.32 Å². The maximum atomic E-state index is 10.9. The van der Waals surface area contributed by atoms with Gasteiger partial charge in [0.15, 0.2) is 0 Å². The Morgan fingerprint density at radius 2 is 2.31 bits per heavy atom. The van der Waals surface area contributed by atoms with E-state index >= 15 is 0 Å². The van der Waals surface area contributed by atoms with Crippen LogP contribution in [0.3, 0.4) is 0 Å². The second-order valence-corrected chi connectivity index (χ2v) is 2.55. The predicted octanol–water partition coefficient (Wildman–Crippen LogP) is 1.62. The molecule has 0 aliphatic heterocycles. The van der Waals surface area contributed by atoms with Crippen molar-refractivity contribution in [3.63, 3.8) is 0 Å². The van der Waals surface area contributed by atoms with Crippen molar-refractivity contribution in [2.45, 2.75) is 19.8 Å². The fraction of sp³-hybridized carbons (Fsp3) is 0.500. The van der Waals surface area contributed by atoms with E-state index in [4.69, 9.17) is 0 Å². The summed E-state index contributed by atoms with van der Waals surface area (Å²) in [5.74, 6) is -0.319. The molecular weight excluding hydrogens is 166 g/mol. The molecule has 0 unspecified atom stereocenters. The molecule has 0 aromatic rings. The van der Waals surface area contributed by atoms with Gasteiger partial charge in [-0.15, -0.1) is 6.58 Å². The van der Waals surface area contributed by atoms with Crippen LogP contribution in [0.2, 0.25) is 0 Å². The van der Waals surface area contributed by atoms with Crippen LogP contribution in [0.1, 0.15) is 19.8 Å². The minimum absolute atomic E-state index is 0.319. The van der Waals surface area contributed by atoms with Crippen LogP contribution in [-0.2, 0) is 9.53 Å². The lowest BCUT2D eigenvalue weighted by Gasteiger charge is -2.06. The first-order chi connectivity index (χ1) is 6.24. The zero-order valence-corrected chi connectivity index (χ0v) is 8.30. The van der Waals surface area contributed by atoms with Crippen LogP contribution in [0.15, 0.2) is 24.4 Å². The van der Waals surface area contributed by atoms with Gasteiger partial charge in [-0.25, -0.2) is 4.79 Å². The van der Waals surface area contributed by atoms with Gasteiger partial charge in [0, 0.05) is 18.3 Å². The Morgan fingerprint density at radius 1 is 1.62 bits per heavy atom. The number of carbonyl (C=O) groups excluding carboxylic acids is 1. The van der Waals surface area contributed by atoms with E-state index in [0.29, 0.717) is 0 Å².